The molecule has 2 aromatic heterocycles. The number of halogens is 3. The monoisotopic (exact) mass is 548 g/mol. The molecule has 1 saturated carbocycles. The highest BCUT2D eigenvalue weighted by molar-refractivity contribution is 7.19. The predicted molar refractivity (Wildman–Crippen MR) is 136 cm³/mol. The predicted octanol–water partition coefficient (Wildman–Crippen LogP) is 4.65. The number of carbonyl (C=O) groups excluding carboxylic acids is 1. The fourth-order valence-corrected chi connectivity index (χ4v) is 5.24. The summed E-state index contributed by atoms with van der Waals surface area (Å²) in [6.45, 7) is 1.45. The van der Waals surface area contributed by atoms with Gasteiger partial charge in [-0.2, -0.15) is 13.2 Å². The molecule has 0 radical (unpaired) electrons. The van der Waals surface area contributed by atoms with Crippen molar-refractivity contribution in [2.75, 3.05) is 25.6 Å². The normalized spacial score (nSPS) is 16.3. The molecule has 1 unspecified atom stereocenters. The van der Waals surface area contributed by atoms with Gasteiger partial charge < -0.3 is 19.6 Å². The van der Waals surface area contributed by atoms with E-state index in [4.69, 9.17) is 19.6 Å². The van der Waals surface area contributed by atoms with Crippen LogP contribution in [0.25, 0.3) is 10.6 Å². The Hall–Kier alpha value is -3.67. The van der Waals surface area contributed by atoms with E-state index in [1.54, 1.807) is 29.5 Å². The van der Waals surface area contributed by atoms with E-state index in [1.165, 1.54) is 12.8 Å². The van der Waals surface area contributed by atoms with Gasteiger partial charge in [0.05, 0.1) is 25.0 Å². The first kappa shape index (κ1) is 27.4. The van der Waals surface area contributed by atoms with Crippen LogP contribution in [0, 0.1) is 5.92 Å². The minimum absolute atomic E-state index is 0.138. The zero-order valence-electron chi connectivity index (χ0n) is 20.8. The lowest BCUT2D eigenvalue weighted by Gasteiger charge is -2.29. The number of aromatic nitrogens is 2. The third kappa shape index (κ3) is 6.60. The van der Waals surface area contributed by atoms with Crippen LogP contribution in [-0.2, 0) is 22.6 Å². The molecular weight excluding hydrogens is 521 g/mol. The molecule has 12 heteroatoms. The molecule has 2 aliphatic rings. The number of carboxylic acid groups (broad SMARTS) is 1. The van der Waals surface area contributed by atoms with Gasteiger partial charge in [-0.25, -0.2) is 9.78 Å². The maximum atomic E-state index is 13.4. The van der Waals surface area contributed by atoms with Crippen LogP contribution in [0.2, 0.25) is 0 Å². The van der Waals surface area contributed by atoms with E-state index >= 15 is 0 Å². The quantitative estimate of drug-likeness (QED) is 0.459. The second kappa shape index (κ2) is 11.4. The summed E-state index contributed by atoms with van der Waals surface area (Å²) in [5.74, 6) is -1.11. The first-order valence-electron chi connectivity index (χ1n) is 11.9. The number of pyridine rings is 1. The molecule has 0 saturated heterocycles. The average Bonchev–Trinajstić information content (AvgIpc) is 3.52. The van der Waals surface area contributed by atoms with Crippen LogP contribution in [0.3, 0.4) is 0 Å². The van der Waals surface area contributed by atoms with Crippen LogP contribution in [0.15, 0.2) is 48.7 Å². The Balaban J connectivity index is 0.000000426. The molecule has 8 nitrogen and oxygen atoms in total. The highest BCUT2D eigenvalue weighted by atomic mass is 32.1. The second-order valence-electron chi connectivity index (χ2n) is 9.14. The second-order valence-corrected chi connectivity index (χ2v) is 10.1. The summed E-state index contributed by atoms with van der Waals surface area (Å²) >= 11 is 1.69. The Bertz CT molecular complexity index is 1280. The number of amides is 1. The van der Waals surface area contributed by atoms with Crippen molar-refractivity contribution in [2.24, 2.45) is 5.92 Å². The molecular formula is C26H27F3N4O4S. The Morgan fingerprint density at radius 3 is 2.55 bits per heavy atom. The molecule has 1 aliphatic carbocycles. The lowest BCUT2D eigenvalue weighted by atomic mass is 10.1. The Morgan fingerprint density at radius 2 is 1.95 bits per heavy atom. The Morgan fingerprint density at radius 1 is 1.21 bits per heavy atom. The van der Waals surface area contributed by atoms with Gasteiger partial charge in [-0.05, 0) is 43.0 Å². The molecule has 3 aromatic rings. The number of carbonyl (C=O) groups is 2. The molecule has 5 rings (SSSR count). The number of carboxylic acids is 1. The number of ether oxygens (including phenoxy) is 1. The highest BCUT2D eigenvalue weighted by Crippen LogP contribution is 2.44. The molecule has 1 fully saturated rings. The van der Waals surface area contributed by atoms with Crippen molar-refractivity contribution in [2.45, 2.75) is 38.0 Å². The zero-order chi connectivity index (χ0) is 27.4. The van der Waals surface area contributed by atoms with Crippen LogP contribution < -0.4 is 9.64 Å². The maximum Gasteiger partial charge on any atom is 0.490 e. The van der Waals surface area contributed by atoms with E-state index in [-0.39, 0.29) is 11.9 Å². The number of fused-ring (bicyclic) bond motifs is 1. The maximum absolute atomic E-state index is 13.4. The van der Waals surface area contributed by atoms with Gasteiger partial charge in [-0.3, -0.25) is 9.78 Å². The van der Waals surface area contributed by atoms with Crippen LogP contribution in [0.1, 0.15) is 24.2 Å². The number of benzene rings is 1. The fraction of sp³-hybridized carbons (Fsp3) is 0.385. The Labute approximate surface area is 221 Å². The molecule has 202 valence electrons. The fourth-order valence-electron chi connectivity index (χ4n) is 4.09. The Kier molecular flexibility index (Phi) is 8.20. The number of hydrogen-bond acceptors (Lipinski definition) is 7. The van der Waals surface area contributed by atoms with Gasteiger partial charge in [0.15, 0.2) is 0 Å². The van der Waals surface area contributed by atoms with E-state index < -0.39 is 12.1 Å². The van der Waals surface area contributed by atoms with Crippen molar-refractivity contribution in [3.8, 4) is 16.3 Å². The summed E-state index contributed by atoms with van der Waals surface area (Å²) in [5.41, 5.74) is 2.99. The van der Waals surface area contributed by atoms with Crippen LogP contribution in [0.4, 0.5) is 18.2 Å². The third-order valence-electron chi connectivity index (χ3n) is 6.20. The van der Waals surface area contributed by atoms with Crippen LogP contribution >= 0.6 is 11.3 Å². The van der Waals surface area contributed by atoms with Gasteiger partial charge in [-0.15, -0.1) is 0 Å². The number of anilines is 1. The third-order valence-corrected chi connectivity index (χ3v) is 7.38. The number of alkyl halides is 3. The van der Waals surface area contributed by atoms with Crippen LogP contribution in [-0.4, -0.2) is 64.8 Å². The summed E-state index contributed by atoms with van der Waals surface area (Å²) in [6, 6.07) is 13.6. The molecule has 0 spiro atoms. The molecule has 1 atom stereocenters. The number of rotatable bonds is 7. The van der Waals surface area contributed by atoms with Crippen molar-refractivity contribution in [3.63, 3.8) is 0 Å². The number of likely N-dealkylation sites (N-methyl/N-ethyl adjacent to an activating group) is 1. The van der Waals surface area contributed by atoms with Crippen LogP contribution in [0.5, 0.6) is 5.75 Å². The van der Waals surface area contributed by atoms with Crippen molar-refractivity contribution >= 4 is 28.2 Å². The smallest absolute Gasteiger partial charge is 0.490 e. The highest BCUT2D eigenvalue weighted by Gasteiger charge is 2.41. The topological polar surface area (TPSA) is 95.9 Å². The molecule has 1 aliphatic heterocycles. The molecule has 3 heterocycles. The summed E-state index contributed by atoms with van der Waals surface area (Å²) in [6.07, 6.45) is -0.159. The van der Waals surface area contributed by atoms with Crippen molar-refractivity contribution in [1.82, 2.24) is 14.9 Å². The van der Waals surface area contributed by atoms with Gasteiger partial charge in [0.2, 0.25) is 5.91 Å². The first-order valence-corrected chi connectivity index (χ1v) is 12.7. The standard InChI is InChI=1S/C24H26N4O2S.C2HF3O2/c1-27(15-18-7-3-4-11-25-18)23(29)21-13-20-24(28(21)14-16-9-10-16)31-22(26-20)17-6-5-8-19(12-17)30-2;3-2(4,5)1(6)7/h3-8,11-12,16,21H,9-10,13-15H2,1-2H3;(H,6,7). The van der Waals surface area contributed by atoms with E-state index in [0.717, 1.165) is 39.3 Å². The zero-order valence-corrected chi connectivity index (χ0v) is 21.6. The first-order chi connectivity index (χ1) is 18.1. The number of aliphatic carboxylic acids is 1. The van der Waals surface area contributed by atoms with E-state index in [2.05, 4.69) is 16.0 Å². The van der Waals surface area contributed by atoms with Gasteiger partial charge in [0.25, 0.3) is 0 Å². The van der Waals surface area contributed by atoms with Gasteiger partial charge in [0, 0.05) is 31.8 Å². The summed E-state index contributed by atoms with van der Waals surface area (Å²) in [7, 11) is 3.55. The number of methoxy groups -OCH3 is 1. The summed E-state index contributed by atoms with van der Waals surface area (Å²) in [4.78, 5) is 35.7. The van der Waals surface area contributed by atoms with Gasteiger partial charge in [-0.1, -0.05) is 29.5 Å². The number of hydrogen-bond donors (Lipinski definition) is 1. The van der Waals surface area contributed by atoms with Crippen molar-refractivity contribution in [1.29, 1.82) is 0 Å². The average molecular weight is 549 g/mol. The van der Waals surface area contributed by atoms with Crippen molar-refractivity contribution < 1.29 is 32.6 Å². The minimum Gasteiger partial charge on any atom is -0.497 e. The molecule has 1 N–H and O–H groups in total. The lowest BCUT2D eigenvalue weighted by molar-refractivity contribution is -0.192. The minimum atomic E-state index is -5.08. The number of nitrogens with zero attached hydrogens (tertiary/aromatic N) is 4. The van der Waals surface area contributed by atoms with Crippen molar-refractivity contribution in [3.05, 3.63) is 60.0 Å². The largest absolute Gasteiger partial charge is 0.497 e. The lowest BCUT2D eigenvalue weighted by Crippen LogP contribution is -2.46. The molecule has 1 aromatic carbocycles. The summed E-state index contributed by atoms with van der Waals surface area (Å²) in [5, 5.41) is 9.26. The van der Waals surface area contributed by atoms with Gasteiger partial charge >= 0.3 is 12.1 Å². The van der Waals surface area contributed by atoms with E-state index in [1.807, 2.05) is 43.4 Å². The van der Waals surface area contributed by atoms with E-state index in [0.29, 0.717) is 18.9 Å². The van der Waals surface area contributed by atoms with E-state index in [9.17, 15) is 18.0 Å². The number of thiazole rings is 1. The summed E-state index contributed by atoms with van der Waals surface area (Å²) < 4.78 is 37.1. The molecule has 0 bridgehead atoms. The van der Waals surface area contributed by atoms with Gasteiger partial charge in [0.1, 0.15) is 21.8 Å². The SMILES string of the molecule is COc1cccc(-c2nc3c(s2)N(CC2CC2)C(C(=O)N(C)Cc2ccccn2)C3)c1.O=C(O)C(F)(F)F. The molecule has 38 heavy (non-hydrogen) atoms. The molecule has 1 amide bonds.